The number of thiazole rings is 1. The molecule has 0 unspecified atom stereocenters. The highest BCUT2D eigenvalue weighted by molar-refractivity contribution is 8.00. The van der Waals surface area contributed by atoms with E-state index in [2.05, 4.69) is 21.6 Å². The number of nitrogens with one attached hydrogen (secondary N) is 1. The second-order valence-corrected chi connectivity index (χ2v) is 8.05. The number of benzene rings is 2. The highest BCUT2D eigenvalue weighted by Gasteiger charge is 2.20. The average Bonchev–Trinajstić information content (AvgIpc) is 3.16. The van der Waals surface area contributed by atoms with Gasteiger partial charge in [0.05, 0.1) is 15.5 Å². The van der Waals surface area contributed by atoms with Gasteiger partial charge in [0.15, 0.2) is 5.16 Å². The Morgan fingerprint density at radius 2 is 1.92 bits per heavy atom. The maximum atomic E-state index is 12.5. The Hall–Kier alpha value is -2.38. The van der Waals surface area contributed by atoms with Gasteiger partial charge in [0.25, 0.3) is 0 Å². The van der Waals surface area contributed by atoms with Gasteiger partial charge in [-0.05, 0) is 37.6 Å². The van der Waals surface area contributed by atoms with Crippen LogP contribution in [0.3, 0.4) is 0 Å². The Labute approximate surface area is 153 Å². The van der Waals surface area contributed by atoms with Crippen molar-refractivity contribution < 1.29 is 4.79 Å². The lowest BCUT2D eigenvalue weighted by molar-refractivity contribution is -0.115. The molecule has 0 saturated carbocycles. The van der Waals surface area contributed by atoms with E-state index in [9.17, 15) is 4.79 Å². The molecule has 0 fully saturated rings. The predicted molar refractivity (Wildman–Crippen MR) is 103 cm³/mol. The van der Waals surface area contributed by atoms with Gasteiger partial charge in [-0.15, -0.1) is 10.2 Å². The summed E-state index contributed by atoms with van der Waals surface area (Å²) in [6, 6.07) is 15.9. The molecule has 0 aliphatic carbocycles. The number of hydrogen-bond acceptors (Lipinski definition) is 5. The van der Waals surface area contributed by atoms with E-state index in [4.69, 9.17) is 0 Å². The highest BCUT2D eigenvalue weighted by atomic mass is 32.2. The summed E-state index contributed by atoms with van der Waals surface area (Å²) in [6.45, 7) is 3.86. The average molecular weight is 368 g/mol. The van der Waals surface area contributed by atoms with Crippen LogP contribution in [0.5, 0.6) is 0 Å². The molecule has 0 aliphatic rings. The van der Waals surface area contributed by atoms with Crippen molar-refractivity contribution in [1.29, 1.82) is 0 Å². The minimum atomic E-state index is -0.286. The van der Waals surface area contributed by atoms with Gasteiger partial charge in [0.2, 0.25) is 10.9 Å². The van der Waals surface area contributed by atoms with Crippen LogP contribution in [0.15, 0.2) is 53.7 Å². The third-order valence-corrected chi connectivity index (χ3v) is 6.02. The number of rotatable bonds is 4. The maximum Gasteiger partial charge on any atom is 0.237 e. The van der Waals surface area contributed by atoms with Crippen molar-refractivity contribution in [2.45, 2.75) is 24.3 Å². The monoisotopic (exact) mass is 368 g/mol. The molecule has 126 valence electrons. The number of fused-ring (bicyclic) bond motifs is 3. The van der Waals surface area contributed by atoms with Crippen molar-refractivity contribution in [2.24, 2.45) is 0 Å². The molecule has 2 aromatic carbocycles. The first-order valence-corrected chi connectivity index (χ1v) is 9.59. The molecule has 4 aromatic rings. The predicted octanol–water partition coefficient (Wildman–Crippen LogP) is 4.37. The molecule has 25 heavy (non-hydrogen) atoms. The molecular weight excluding hydrogens is 352 g/mol. The number of aromatic nitrogens is 3. The number of hydrogen-bond donors (Lipinski definition) is 1. The fourth-order valence-electron chi connectivity index (χ4n) is 2.59. The molecule has 0 bridgehead atoms. The van der Waals surface area contributed by atoms with E-state index in [0.29, 0.717) is 0 Å². The molecule has 0 saturated heterocycles. The van der Waals surface area contributed by atoms with Crippen LogP contribution in [0.2, 0.25) is 0 Å². The number of para-hydroxylation sites is 2. The molecule has 4 rings (SSSR count). The second kappa shape index (κ2) is 6.50. The lowest BCUT2D eigenvalue weighted by atomic mass is 10.2. The third-order valence-electron chi connectivity index (χ3n) is 3.97. The molecule has 5 nitrogen and oxygen atoms in total. The highest BCUT2D eigenvalue weighted by Crippen LogP contribution is 2.31. The zero-order valence-corrected chi connectivity index (χ0v) is 15.4. The van der Waals surface area contributed by atoms with Crippen LogP contribution in [0.25, 0.3) is 15.2 Å². The van der Waals surface area contributed by atoms with Gasteiger partial charge in [-0.25, -0.2) is 0 Å². The molecule has 2 aromatic heterocycles. The zero-order valence-electron chi connectivity index (χ0n) is 13.8. The van der Waals surface area contributed by atoms with Gasteiger partial charge in [-0.1, -0.05) is 53.4 Å². The lowest BCUT2D eigenvalue weighted by Gasteiger charge is -2.12. The maximum absolute atomic E-state index is 12.5. The molecule has 7 heteroatoms. The van der Waals surface area contributed by atoms with Crippen LogP contribution in [0.4, 0.5) is 5.69 Å². The van der Waals surface area contributed by atoms with Gasteiger partial charge in [0, 0.05) is 5.69 Å². The first-order chi connectivity index (χ1) is 12.1. The molecule has 1 amide bonds. The van der Waals surface area contributed by atoms with E-state index in [1.807, 2.05) is 60.7 Å². The van der Waals surface area contributed by atoms with Crippen molar-refractivity contribution in [1.82, 2.24) is 14.6 Å². The molecule has 1 atom stereocenters. The normalized spacial score (nSPS) is 12.6. The summed E-state index contributed by atoms with van der Waals surface area (Å²) in [5.74, 6) is -0.0458. The van der Waals surface area contributed by atoms with E-state index in [1.54, 1.807) is 11.3 Å². The second-order valence-electron chi connectivity index (χ2n) is 5.73. The molecule has 0 aliphatic heterocycles. The standard InChI is InChI=1S/C18H16N4OS2/c1-11-7-3-4-8-13(11)19-16(23)12(2)24-17-20-21-18-22(17)14-9-5-6-10-15(14)25-18/h3-10,12H,1-2H3,(H,19,23)/t12-/m1/s1. The van der Waals surface area contributed by atoms with E-state index >= 15 is 0 Å². The van der Waals surface area contributed by atoms with Crippen LogP contribution in [-0.4, -0.2) is 25.8 Å². The molecule has 0 spiro atoms. The summed E-state index contributed by atoms with van der Waals surface area (Å²) in [5.41, 5.74) is 2.95. The largest absolute Gasteiger partial charge is 0.325 e. The summed E-state index contributed by atoms with van der Waals surface area (Å²) < 4.78 is 3.17. The van der Waals surface area contributed by atoms with Crippen LogP contribution >= 0.6 is 23.1 Å². The van der Waals surface area contributed by atoms with Gasteiger partial charge in [0.1, 0.15) is 0 Å². The number of aryl methyl sites for hydroxylation is 1. The first-order valence-electron chi connectivity index (χ1n) is 7.89. The Morgan fingerprint density at radius 3 is 2.76 bits per heavy atom. The van der Waals surface area contributed by atoms with Gasteiger partial charge in [-0.3, -0.25) is 9.20 Å². The van der Waals surface area contributed by atoms with Gasteiger partial charge < -0.3 is 5.32 Å². The van der Waals surface area contributed by atoms with E-state index in [0.717, 1.165) is 31.6 Å². The van der Waals surface area contributed by atoms with Crippen molar-refractivity contribution in [2.75, 3.05) is 5.32 Å². The van der Waals surface area contributed by atoms with Crippen LogP contribution in [-0.2, 0) is 4.79 Å². The number of anilines is 1. The molecule has 1 N–H and O–H groups in total. The summed E-state index contributed by atoms with van der Waals surface area (Å²) in [7, 11) is 0. The number of carbonyl (C=O) groups is 1. The van der Waals surface area contributed by atoms with Gasteiger partial charge in [-0.2, -0.15) is 0 Å². The topological polar surface area (TPSA) is 59.3 Å². The zero-order chi connectivity index (χ0) is 17.4. The van der Waals surface area contributed by atoms with E-state index in [-0.39, 0.29) is 11.2 Å². The number of nitrogens with zero attached hydrogens (tertiary/aromatic N) is 3. The first kappa shape index (κ1) is 16.1. The molecule has 2 heterocycles. The molecular formula is C18H16N4OS2. The van der Waals surface area contributed by atoms with Crippen molar-refractivity contribution in [3.8, 4) is 0 Å². The summed E-state index contributed by atoms with van der Waals surface area (Å²) in [5, 5.41) is 11.9. The third kappa shape index (κ3) is 3.01. The van der Waals surface area contributed by atoms with E-state index in [1.165, 1.54) is 11.8 Å². The van der Waals surface area contributed by atoms with Crippen molar-refractivity contribution in [3.63, 3.8) is 0 Å². The Balaban J connectivity index is 1.58. The van der Waals surface area contributed by atoms with Crippen LogP contribution in [0.1, 0.15) is 12.5 Å². The number of amides is 1. The number of thioether (sulfide) groups is 1. The van der Waals surface area contributed by atoms with E-state index < -0.39 is 0 Å². The quantitative estimate of drug-likeness (QED) is 0.543. The minimum Gasteiger partial charge on any atom is -0.325 e. The Morgan fingerprint density at radius 1 is 1.16 bits per heavy atom. The fourth-order valence-corrected chi connectivity index (χ4v) is 4.47. The summed E-state index contributed by atoms with van der Waals surface area (Å²) in [4.78, 5) is 13.4. The Kier molecular flexibility index (Phi) is 4.19. The van der Waals surface area contributed by atoms with Crippen LogP contribution in [0, 0.1) is 6.92 Å². The Bertz CT molecular complexity index is 1070. The smallest absolute Gasteiger partial charge is 0.237 e. The van der Waals surface area contributed by atoms with Crippen molar-refractivity contribution >= 4 is 49.9 Å². The summed E-state index contributed by atoms with van der Waals surface area (Å²) >= 11 is 3.01. The summed E-state index contributed by atoms with van der Waals surface area (Å²) in [6.07, 6.45) is 0. The fraction of sp³-hybridized carbons (Fsp3) is 0.167. The van der Waals surface area contributed by atoms with Crippen molar-refractivity contribution in [3.05, 3.63) is 54.1 Å². The molecule has 0 radical (unpaired) electrons. The minimum absolute atomic E-state index is 0.0458. The van der Waals surface area contributed by atoms with Gasteiger partial charge >= 0.3 is 0 Å². The lowest BCUT2D eigenvalue weighted by Crippen LogP contribution is -2.23. The SMILES string of the molecule is Cc1ccccc1NC(=O)[C@@H](C)Sc1nnc2sc3ccccc3n12. The van der Waals surface area contributed by atoms with Crippen LogP contribution < -0.4 is 5.32 Å². The number of carbonyl (C=O) groups excluding carboxylic acids is 1.